The summed E-state index contributed by atoms with van der Waals surface area (Å²) in [7, 11) is 0. The fourth-order valence-corrected chi connectivity index (χ4v) is 2.03. The van der Waals surface area contributed by atoms with E-state index in [0.29, 0.717) is 30.4 Å². The van der Waals surface area contributed by atoms with Gasteiger partial charge < -0.3 is 20.5 Å². The van der Waals surface area contributed by atoms with Gasteiger partial charge >= 0.3 is 0 Å². The van der Waals surface area contributed by atoms with Gasteiger partial charge in [0, 0.05) is 25.6 Å². The zero-order chi connectivity index (χ0) is 15.1. The third-order valence-corrected chi connectivity index (χ3v) is 3.51. The maximum Gasteiger partial charge on any atom is 0.223 e. The molecular formula is C15H21ClN2O3. The van der Waals surface area contributed by atoms with Gasteiger partial charge in [0.25, 0.3) is 0 Å². The van der Waals surface area contributed by atoms with Crippen molar-refractivity contribution in [3.05, 3.63) is 29.3 Å². The molecule has 5 nitrogen and oxygen atoms in total. The van der Waals surface area contributed by atoms with Crippen LogP contribution in [-0.2, 0) is 4.79 Å². The molecule has 1 aliphatic rings. The normalized spacial score (nSPS) is 15.5. The fraction of sp³-hybridized carbons (Fsp3) is 0.533. The summed E-state index contributed by atoms with van der Waals surface area (Å²) < 4.78 is 5.44. The smallest absolute Gasteiger partial charge is 0.223 e. The Hall–Kier alpha value is -1.30. The quantitative estimate of drug-likeness (QED) is 0.599. The van der Waals surface area contributed by atoms with Gasteiger partial charge in [-0.3, -0.25) is 4.79 Å². The second kappa shape index (κ2) is 8.22. The molecule has 0 spiro atoms. The van der Waals surface area contributed by atoms with Crippen LogP contribution in [0.4, 0.5) is 0 Å². The summed E-state index contributed by atoms with van der Waals surface area (Å²) in [5, 5.41) is 16.2. The summed E-state index contributed by atoms with van der Waals surface area (Å²) in [4.78, 5) is 11.4. The predicted octanol–water partition coefficient (Wildman–Crippen LogP) is 1.20. The van der Waals surface area contributed by atoms with Crippen molar-refractivity contribution in [2.24, 2.45) is 5.92 Å². The number of halogens is 1. The first kappa shape index (κ1) is 16.1. The molecule has 0 heterocycles. The molecule has 0 bridgehead atoms. The Balaban J connectivity index is 1.52. The number of nitrogens with one attached hydrogen (secondary N) is 2. The van der Waals surface area contributed by atoms with E-state index in [2.05, 4.69) is 10.6 Å². The molecule has 3 N–H and O–H groups in total. The summed E-state index contributed by atoms with van der Waals surface area (Å²) in [6, 6.07) is 7.15. The first-order chi connectivity index (χ1) is 10.2. The Bertz CT molecular complexity index is 466. The van der Waals surface area contributed by atoms with Crippen molar-refractivity contribution in [3.63, 3.8) is 0 Å². The van der Waals surface area contributed by atoms with Gasteiger partial charge in [-0.25, -0.2) is 0 Å². The van der Waals surface area contributed by atoms with Crippen LogP contribution in [0.3, 0.4) is 0 Å². The SMILES string of the molecule is O=C(NCCNCC(O)COc1ccccc1Cl)C1CC1. The lowest BCUT2D eigenvalue weighted by Gasteiger charge is -2.14. The van der Waals surface area contributed by atoms with Crippen LogP contribution in [0.2, 0.25) is 5.02 Å². The summed E-state index contributed by atoms with van der Waals surface area (Å²) in [5.74, 6) is 0.939. The van der Waals surface area contributed by atoms with Crippen molar-refractivity contribution in [2.75, 3.05) is 26.2 Å². The van der Waals surface area contributed by atoms with E-state index in [1.165, 1.54) is 0 Å². The Morgan fingerprint density at radius 1 is 1.38 bits per heavy atom. The standard InChI is InChI=1S/C15H21ClN2O3/c16-13-3-1-2-4-14(13)21-10-12(19)9-17-7-8-18-15(20)11-5-6-11/h1-4,11-12,17,19H,5-10H2,(H,18,20). The average Bonchev–Trinajstić information content (AvgIpc) is 3.30. The summed E-state index contributed by atoms with van der Waals surface area (Å²) in [6.45, 7) is 1.78. The van der Waals surface area contributed by atoms with Crippen LogP contribution < -0.4 is 15.4 Å². The van der Waals surface area contributed by atoms with Gasteiger partial charge in [-0.1, -0.05) is 23.7 Å². The highest BCUT2D eigenvalue weighted by molar-refractivity contribution is 6.32. The Kier molecular flexibility index (Phi) is 6.29. The molecule has 6 heteroatoms. The van der Waals surface area contributed by atoms with E-state index in [1.54, 1.807) is 12.1 Å². The molecule has 1 aliphatic carbocycles. The number of amides is 1. The van der Waals surface area contributed by atoms with E-state index in [9.17, 15) is 9.90 Å². The number of carbonyl (C=O) groups excluding carboxylic acids is 1. The average molecular weight is 313 g/mol. The van der Waals surface area contributed by atoms with Gasteiger partial charge in [0.15, 0.2) is 0 Å². The van der Waals surface area contributed by atoms with Crippen molar-refractivity contribution in [1.29, 1.82) is 0 Å². The van der Waals surface area contributed by atoms with Gasteiger partial charge in [-0.05, 0) is 25.0 Å². The topological polar surface area (TPSA) is 70.6 Å². The molecule has 0 radical (unpaired) electrons. The van der Waals surface area contributed by atoms with Crippen LogP contribution >= 0.6 is 11.6 Å². The lowest BCUT2D eigenvalue weighted by molar-refractivity contribution is -0.122. The number of para-hydroxylation sites is 1. The third-order valence-electron chi connectivity index (χ3n) is 3.20. The van der Waals surface area contributed by atoms with E-state index in [1.807, 2.05) is 12.1 Å². The number of benzene rings is 1. The maximum atomic E-state index is 11.4. The molecule has 2 rings (SSSR count). The Labute approximate surface area is 129 Å². The van der Waals surface area contributed by atoms with E-state index in [4.69, 9.17) is 16.3 Å². The highest BCUT2D eigenvalue weighted by atomic mass is 35.5. The van der Waals surface area contributed by atoms with E-state index >= 15 is 0 Å². The van der Waals surface area contributed by atoms with Crippen molar-refractivity contribution in [3.8, 4) is 5.75 Å². The lowest BCUT2D eigenvalue weighted by Crippen LogP contribution is -2.37. The van der Waals surface area contributed by atoms with Crippen LogP contribution in [0.15, 0.2) is 24.3 Å². The molecule has 0 aliphatic heterocycles. The molecule has 1 saturated carbocycles. The molecule has 1 atom stereocenters. The van der Waals surface area contributed by atoms with Crippen LogP contribution in [-0.4, -0.2) is 43.4 Å². The molecule has 1 aromatic carbocycles. The fourth-order valence-electron chi connectivity index (χ4n) is 1.84. The van der Waals surface area contributed by atoms with Crippen molar-refractivity contribution >= 4 is 17.5 Å². The molecule has 21 heavy (non-hydrogen) atoms. The first-order valence-corrected chi connectivity index (χ1v) is 7.58. The van der Waals surface area contributed by atoms with Crippen LogP contribution in [0, 0.1) is 5.92 Å². The monoisotopic (exact) mass is 312 g/mol. The third kappa shape index (κ3) is 5.91. The first-order valence-electron chi connectivity index (χ1n) is 7.20. The van der Waals surface area contributed by atoms with Crippen LogP contribution in [0.25, 0.3) is 0 Å². The molecule has 1 unspecified atom stereocenters. The minimum absolute atomic E-state index is 0.138. The summed E-state index contributed by atoms with van der Waals surface area (Å²) in [6.07, 6.45) is 1.40. The number of carbonyl (C=O) groups is 1. The number of rotatable bonds is 9. The molecule has 1 aromatic rings. The predicted molar refractivity (Wildman–Crippen MR) is 81.6 cm³/mol. The van der Waals surface area contributed by atoms with Gasteiger partial charge in [0.05, 0.1) is 5.02 Å². The Morgan fingerprint density at radius 3 is 2.86 bits per heavy atom. The number of aliphatic hydroxyl groups is 1. The second-order valence-electron chi connectivity index (χ2n) is 5.16. The number of hydrogen-bond acceptors (Lipinski definition) is 4. The molecule has 1 amide bonds. The minimum atomic E-state index is -0.625. The van der Waals surface area contributed by atoms with E-state index in [-0.39, 0.29) is 18.4 Å². The van der Waals surface area contributed by atoms with Gasteiger partial charge in [-0.2, -0.15) is 0 Å². The summed E-state index contributed by atoms with van der Waals surface area (Å²) in [5.41, 5.74) is 0. The molecular weight excluding hydrogens is 292 g/mol. The van der Waals surface area contributed by atoms with Crippen molar-refractivity contribution in [1.82, 2.24) is 10.6 Å². The highest BCUT2D eigenvalue weighted by Gasteiger charge is 2.28. The maximum absolute atomic E-state index is 11.4. The van der Waals surface area contributed by atoms with Crippen molar-refractivity contribution in [2.45, 2.75) is 18.9 Å². The summed E-state index contributed by atoms with van der Waals surface area (Å²) >= 11 is 5.95. The van der Waals surface area contributed by atoms with Crippen LogP contribution in [0.5, 0.6) is 5.75 Å². The second-order valence-corrected chi connectivity index (χ2v) is 5.57. The van der Waals surface area contributed by atoms with Gasteiger partial charge in [0.2, 0.25) is 5.91 Å². The Morgan fingerprint density at radius 2 is 2.14 bits per heavy atom. The molecule has 116 valence electrons. The van der Waals surface area contributed by atoms with E-state index < -0.39 is 6.10 Å². The highest BCUT2D eigenvalue weighted by Crippen LogP contribution is 2.28. The number of aliphatic hydroxyl groups excluding tert-OH is 1. The van der Waals surface area contributed by atoms with Crippen LogP contribution in [0.1, 0.15) is 12.8 Å². The van der Waals surface area contributed by atoms with E-state index in [0.717, 1.165) is 12.8 Å². The van der Waals surface area contributed by atoms with Gasteiger partial charge in [-0.15, -0.1) is 0 Å². The van der Waals surface area contributed by atoms with Gasteiger partial charge in [0.1, 0.15) is 18.5 Å². The molecule has 0 aromatic heterocycles. The molecule has 0 saturated heterocycles. The number of ether oxygens (including phenoxy) is 1. The van der Waals surface area contributed by atoms with Crippen molar-refractivity contribution < 1.29 is 14.6 Å². The molecule has 1 fully saturated rings. The minimum Gasteiger partial charge on any atom is -0.489 e. The number of hydrogen-bond donors (Lipinski definition) is 3. The lowest BCUT2D eigenvalue weighted by atomic mass is 10.3. The zero-order valence-electron chi connectivity index (χ0n) is 11.8. The largest absolute Gasteiger partial charge is 0.489 e. The zero-order valence-corrected chi connectivity index (χ0v) is 12.6.